The number of pyridine rings is 1. The maximum absolute atomic E-state index is 4.10. The van der Waals surface area contributed by atoms with Gasteiger partial charge in [0.05, 0.1) is 28.6 Å². The number of nitrogens with zero attached hydrogens (tertiary/aromatic N) is 5. The number of aryl methyl sites for hydroxylation is 2. The summed E-state index contributed by atoms with van der Waals surface area (Å²) in [4.78, 5) is 12.0. The molecule has 114 valence electrons. The fraction of sp³-hybridized carbons (Fsp3) is 0.105. The third kappa shape index (κ3) is 3.60. The molecular weight excluding hydrogens is 298 g/mol. The Labute approximate surface area is 140 Å². The van der Waals surface area contributed by atoms with Crippen LogP contribution in [0.25, 0.3) is 0 Å². The van der Waals surface area contributed by atoms with Gasteiger partial charge in [-0.05, 0) is 25.5 Å². The molecular formula is C19H13N5. The molecule has 3 aromatic rings. The fourth-order valence-corrected chi connectivity index (χ4v) is 1.96. The van der Waals surface area contributed by atoms with Crippen LogP contribution in [0.1, 0.15) is 33.5 Å². The van der Waals surface area contributed by atoms with E-state index in [1.807, 2.05) is 19.9 Å². The van der Waals surface area contributed by atoms with Crippen molar-refractivity contribution >= 4 is 0 Å². The maximum atomic E-state index is 4.10. The van der Waals surface area contributed by atoms with Crippen molar-refractivity contribution in [3.05, 3.63) is 76.9 Å². The van der Waals surface area contributed by atoms with Crippen LogP contribution in [0.5, 0.6) is 0 Å². The van der Waals surface area contributed by atoms with Gasteiger partial charge in [0, 0.05) is 30.4 Å². The van der Waals surface area contributed by atoms with E-state index >= 15 is 0 Å². The molecule has 0 aromatic carbocycles. The molecule has 0 fully saturated rings. The minimum atomic E-state index is 0.731. The first-order valence-corrected chi connectivity index (χ1v) is 7.26. The van der Waals surface area contributed by atoms with Crippen molar-refractivity contribution in [2.45, 2.75) is 13.8 Å². The van der Waals surface area contributed by atoms with E-state index in [-0.39, 0.29) is 0 Å². The normalized spacial score (nSPS) is 9.42. The monoisotopic (exact) mass is 311 g/mol. The van der Waals surface area contributed by atoms with E-state index in [9.17, 15) is 0 Å². The molecule has 0 bridgehead atoms. The quantitative estimate of drug-likeness (QED) is 0.595. The zero-order valence-electron chi connectivity index (χ0n) is 13.3. The number of hydrogen-bond acceptors (Lipinski definition) is 5. The van der Waals surface area contributed by atoms with Gasteiger partial charge < -0.3 is 0 Å². The van der Waals surface area contributed by atoms with Crippen molar-refractivity contribution in [3.8, 4) is 23.7 Å². The van der Waals surface area contributed by atoms with E-state index in [1.165, 1.54) is 6.33 Å². The fourth-order valence-electron chi connectivity index (χ4n) is 1.96. The average Bonchev–Trinajstić information content (AvgIpc) is 2.61. The Balaban J connectivity index is 2.01. The van der Waals surface area contributed by atoms with Crippen molar-refractivity contribution in [1.29, 1.82) is 0 Å². The first kappa shape index (κ1) is 15.3. The lowest BCUT2D eigenvalue weighted by atomic mass is 10.1. The highest BCUT2D eigenvalue weighted by molar-refractivity contribution is 5.54. The van der Waals surface area contributed by atoms with E-state index in [1.54, 1.807) is 31.0 Å². The van der Waals surface area contributed by atoms with Crippen LogP contribution in [0.2, 0.25) is 0 Å². The molecule has 0 spiro atoms. The summed E-state index contributed by atoms with van der Waals surface area (Å²) in [6, 6.07) is 1.93. The second-order valence-corrected chi connectivity index (χ2v) is 5.04. The lowest BCUT2D eigenvalue weighted by Gasteiger charge is -1.99. The number of aromatic nitrogens is 5. The lowest BCUT2D eigenvalue weighted by Crippen LogP contribution is -1.96. The highest BCUT2D eigenvalue weighted by Crippen LogP contribution is 2.09. The lowest BCUT2D eigenvalue weighted by molar-refractivity contribution is 0.969. The van der Waals surface area contributed by atoms with Crippen LogP contribution in [0.15, 0.2) is 43.4 Å². The molecule has 0 unspecified atom stereocenters. The van der Waals surface area contributed by atoms with Gasteiger partial charge >= 0.3 is 0 Å². The second-order valence-electron chi connectivity index (χ2n) is 5.04. The van der Waals surface area contributed by atoms with Crippen LogP contribution in [0, 0.1) is 37.5 Å². The summed E-state index contributed by atoms with van der Waals surface area (Å²) < 4.78 is 0. The molecule has 0 saturated heterocycles. The highest BCUT2D eigenvalue weighted by Gasteiger charge is 2.03. The zero-order valence-corrected chi connectivity index (χ0v) is 13.3. The molecule has 0 aliphatic rings. The van der Waals surface area contributed by atoms with Crippen LogP contribution < -0.4 is 0 Å². The predicted molar refractivity (Wildman–Crippen MR) is 89.7 cm³/mol. The van der Waals surface area contributed by atoms with Gasteiger partial charge in [0.15, 0.2) is 0 Å². The Morgan fingerprint density at radius 2 is 1.58 bits per heavy atom. The van der Waals surface area contributed by atoms with Gasteiger partial charge in [-0.25, -0.2) is 9.97 Å². The van der Waals surface area contributed by atoms with Gasteiger partial charge in [0.2, 0.25) is 0 Å². The standard InChI is InChI=1S/C19H13N5/c1-14-7-8-20-11-17(14)4-5-18-12-23-24-15(2)19(18)6-3-16-9-21-13-22-10-16/h7-13H,1-2H3. The van der Waals surface area contributed by atoms with Crippen molar-refractivity contribution in [2.75, 3.05) is 0 Å². The molecule has 0 atom stereocenters. The molecule has 5 heteroatoms. The molecule has 3 rings (SSSR count). The van der Waals surface area contributed by atoms with Gasteiger partial charge in [0.25, 0.3) is 0 Å². The third-order valence-electron chi connectivity index (χ3n) is 3.29. The van der Waals surface area contributed by atoms with Crippen LogP contribution in [0.3, 0.4) is 0 Å². The van der Waals surface area contributed by atoms with E-state index in [2.05, 4.69) is 48.8 Å². The number of rotatable bonds is 0. The Morgan fingerprint density at radius 3 is 2.38 bits per heavy atom. The van der Waals surface area contributed by atoms with Crippen molar-refractivity contribution in [1.82, 2.24) is 25.1 Å². The molecule has 5 nitrogen and oxygen atoms in total. The molecule has 0 N–H and O–H groups in total. The van der Waals surface area contributed by atoms with Gasteiger partial charge in [-0.15, -0.1) is 0 Å². The Hall–Kier alpha value is -3.57. The molecule has 3 aromatic heterocycles. The van der Waals surface area contributed by atoms with Crippen molar-refractivity contribution in [3.63, 3.8) is 0 Å². The smallest absolute Gasteiger partial charge is 0.115 e. The van der Waals surface area contributed by atoms with Gasteiger partial charge in [-0.1, -0.05) is 23.7 Å². The Bertz CT molecular complexity index is 989. The second kappa shape index (κ2) is 7.13. The molecule has 0 amide bonds. The SMILES string of the molecule is Cc1ccncc1C#Cc1cnnc(C)c1C#Cc1cncnc1. The van der Waals surface area contributed by atoms with E-state index < -0.39 is 0 Å². The van der Waals surface area contributed by atoms with Crippen molar-refractivity contribution in [2.24, 2.45) is 0 Å². The molecule has 24 heavy (non-hydrogen) atoms. The summed E-state index contributed by atoms with van der Waals surface area (Å²) in [5, 5.41) is 8.03. The topological polar surface area (TPSA) is 64.5 Å². The number of hydrogen-bond donors (Lipinski definition) is 0. The largest absolute Gasteiger partial charge is 0.263 e. The molecule has 0 saturated carbocycles. The maximum Gasteiger partial charge on any atom is 0.115 e. The van der Waals surface area contributed by atoms with E-state index in [0.29, 0.717) is 0 Å². The predicted octanol–water partition coefficient (Wildman–Crippen LogP) is 2.08. The molecule has 0 aliphatic heterocycles. The Morgan fingerprint density at radius 1 is 0.792 bits per heavy atom. The third-order valence-corrected chi connectivity index (χ3v) is 3.29. The summed E-state index contributed by atoms with van der Waals surface area (Å²) in [6.45, 7) is 3.86. The summed E-state index contributed by atoms with van der Waals surface area (Å²) in [5.41, 5.74) is 4.90. The first-order chi connectivity index (χ1) is 11.7. The van der Waals surface area contributed by atoms with Gasteiger partial charge in [0.1, 0.15) is 6.33 Å². The van der Waals surface area contributed by atoms with Gasteiger partial charge in [-0.2, -0.15) is 10.2 Å². The van der Waals surface area contributed by atoms with E-state index in [4.69, 9.17) is 0 Å². The van der Waals surface area contributed by atoms with Crippen molar-refractivity contribution < 1.29 is 0 Å². The van der Waals surface area contributed by atoms with E-state index in [0.717, 1.165) is 33.5 Å². The van der Waals surface area contributed by atoms with Crippen LogP contribution in [0.4, 0.5) is 0 Å². The molecule has 3 heterocycles. The van der Waals surface area contributed by atoms with Crippen LogP contribution in [-0.2, 0) is 0 Å². The average molecular weight is 311 g/mol. The summed E-state index contributed by atoms with van der Waals surface area (Å²) in [7, 11) is 0. The van der Waals surface area contributed by atoms with Crippen LogP contribution in [-0.4, -0.2) is 25.1 Å². The zero-order chi connectivity index (χ0) is 16.8. The van der Waals surface area contributed by atoms with Crippen LogP contribution >= 0.6 is 0 Å². The molecule has 0 aliphatic carbocycles. The summed E-state index contributed by atoms with van der Waals surface area (Å²) in [5.74, 6) is 12.4. The first-order valence-electron chi connectivity index (χ1n) is 7.26. The summed E-state index contributed by atoms with van der Waals surface area (Å²) in [6.07, 6.45) is 9.91. The Kier molecular flexibility index (Phi) is 4.55. The minimum Gasteiger partial charge on any atom is -0.263 e. The minimum absolute atomic E-state index is 0.731. The molecule has 0 radical (unpaired) electrons. The summed E-state index contributed by atoms with van der Waals surface area (Å²) >= 11 is 0. The van der Waals surface area contributed by atoms with Gasteiger partial charge in [-0.3, -0.25) is 4.98 Å². The highest BCUT2D eigenvalue weighted by atomic mass is 15.1.